The summed E-state index contributed by atoms with van der Waals surface area (Å²) in [4.78, 5) is 53.2. The Morgan fingerprint density at radius 1 is 0.864 bits per heavy atom. The maximum Gasteiger partial charge on any atom is 0.414 e. The first kappa shape index (κ1) is 36.8. The van der Waals surface area contributed by atoms with Crippen LogP contribution in [0.15, 0.2) is 73.8 Å². The molecule has 44 heavy (non-hydrogen) atoms. The van der Waals surface area contributed by atoms with Crippen molar-refractivity contribution in [1.29, 1.82) is 0 Å². The van der Waals surface area contributed by atoms with E-state index in [1.54, 1.807) is 31.3 Å². The fraction of sp³-hybridized carbons (Fsp3) is 0.355. The molecule has 0 aliphatic carbocycles. The Labute approximate surface area is 285 Å². The number of esters is 2. The smallest absolute Gasteiger partial charge is 0.414 e. The van der Waals surface area contributed by atoms with Crippen LogP contribution in [0.5, 0.6) is 0 Å². The highest BCUT2D eigenvalue weighted by molar-refractivity contribution is 14.1. The summed E-state index contributed by atoms with van der Waals surface area (Å²) in [5.41, 5.74) is 2.98. The van der Waals surface area contributed by atoms with E-state index in [1.807, 2.05) is 24.3 Å². The zero-order valence-electron chi connectivity index (χ0n) is 24.6. The maximum atomic E-state index is 12.7. The molecular weight excluding hydrogens is 794 g/mol. The SMILES string of the molecule is C=CCOC(=O)CC[C@H](NC(=O)Nc1ccc(COC(=O)N(C)c2ccc(N(CCI)CCI)cc2)cc1)C(=O)OCC=C. The third-order valence-corrected chi connectivity index (χ3v) is 7.06. The second-order valence-electron chi connectivity index (χ2n) is 9.27. The Morgan fingerprint density at radius 2 is 1.45 bits per heavy atom. The van der Waals surface area contributed by atoms with E-state index in [0.717, 1.165) is 27.6 Å². The van der Waals surface area contributed by atoms with Crippen LogP contribution in [0.2, 0.25) is 0 Å². The summed E-state index contributed by atoms with van der Waals surface area (Å²) in [6, 6.07) is 12.7. The molecule has 0 fully saturated rings. The lowest BCUT2D eigenvalue weighted by atomic mass is 10.1. The fourth-order valence-electron chi connectivity index (χ4n) is 3.79. The first-order chi connectivity index (χ1) is 21.2. The second-order valence-corrected chi connectivity index (χ2v) is 11.4. The predicted molar refractivity (Wildman–Crippen MR) is 189 cm³/mol. The average Bonchev–Trinajstić information content (AvgIpc) is 3.03. The summed E-state index contributed by atoms with van der Waals surface area (Å²) in [6.07, 6.45) is 2.21. The summed E-state index contributed by atoms with van der Waals surface area (Å²) < 4.78 is 17.5. The first-order valence-corrected chi connectivity index (χ1v) is 16.8. The largest absolute Gasteiger partial charge is 0.461 e. The van der Waals surface area contributed by atoms with Crippen molar-refractivity contribution in [1.82, 2.24) is 5.32 Å². The van der Waals surface area contributed by atoms with Crippen LogP contribution in [0.1, 0.15) is 18.4 Å². The van der Waals surface area contributed by atoms with Crippen LogP contribution in [-0.4, -0.2) is 72.3 Å². The van der Waals surface area contributed by atoms with Crippen LogP contribution in [0.4, 0.5) is 26.7 Å². The van der Waals surface area contributed by atoms with Gasteiger partial charge < -0.3 is 29.7 Å². The van der Waals surface area contributed by atoms with E-state index in [1.165, 1.54) is 17.1 Å². The third kappa shape index (κ3) is 13.1. The fourth-order valence-corrected chi connectivity index (χ4v) is 4.96. The Kier molecular flexibility index (Phi) is 17.2. The maximum absolute atomic E-state index is 12.7. The Hall–Kier alpha value is -3.34. The number of ether oxygens (including phenoxy) is 3. The molecule has 2 rings (SSSR count). The lowest BCUT2D eigenvalue weighted by Crippen LogP contribution is -2.44. The summed E-state index contributed by atoms with van der Waals surface area (Å²) in [5.74, 6) is -1.24. The minimum atomic E-state index is -1.08. The summed E-state index contributed by atoms with van der Waals surface area (Å²) in [5, 5.41) is 5.16. The molecule has 0 spiro atoms. The normalized spacial score (nSPS) is 11.0. The standard InChI is InChI=1S/C31H38I2N4O7/c1-4-20-42-28(38)15-14-27(29(39)43-21-5-2)35-30(40)34-24-8-6-23(7-9-24)22-44-31(41)36(3)25-10-12-26(13-11-25)37(18-16-32)19-17-33/h4-13,27H,1-2,14-22H2,3H3,(H2,34,35,40)/t27-/m0/s1. The van der Waals surface area contributed by atoms with Gasteiger partial charge in [-0.3, -0.25) is 9.69 Å². The van der Waals surface area contributed by atoms with E-state index in [4.69, 9.17) is 14.2 Å². The monoisotopic (exact) mass is 832 g/mol. The van der Waals surface area contributed by atoms with Gasteiger partial charge in [0.05, 0.1) is 0 Å². The van der Waals surface area contributed by atoms with Crippen LogP contribution in [0.3, 0.4) is 0 Å². The minimum Gasteiger partial charge on any atom is -0.461 e. The van der Waals surface area contributed by atoms with Crippen LogP contribution in [-0.2, 0) is 30.4 Å². The van der Waals surface area contributed by atoms with Gasteiger partial charge in [0.2, 0.25) is 0 Å². The van der Waals surface area contributed by atoms with Crippen molar-refractivity contribution in [2.24, 2.45) is 0 Å². The minimum absolute atomic E-state index is 0.0160. The lowest BCUT2D eigenvalue weighted by molar-refractivity contribution is -0.146. The number of hydrogen-bond donors (Lipinski definition) is 2. The second kappa shape index (κ2) is 20.6. The lowest BCUT2D eigenvalue weighted by Gasteiger charge is -2.24. The van der Waals surface area contributed by atoms with Gasteiger partial charge >= 0.3 is 24.1 Å². The topological polar surface area (TPSA) is 127 Å². The number of amides is 3. The number of halogens is 2. The van der Waals surface area contributed by atoms with E-state index in [2.05, 4.69) is 73.9 Å². The number of nitrogens with zero attached hydrogens (tertiary/aromatic N) is 2. The highest BCUT2D eigenvalue weighted by Crippen LogP contribution is 2.21. The molecule has 0 aliphatic rings. The van der Waals surface area contributed by atoms with Crippen molar-refractivity contribution >= 4 is 86.3 Å². The Morgan fingerprint density at radius 3 is 2.05 bits per heavy atom. The van der Waals surface area contributed by atoms with Crippen molar-refractivity contribution in [2.75, 3.05) is 57.3 Å². The number of carbonyl (C=O) groups is 4. The van der Waals surface area contributed by atoms with E-state index in [-0.39, 0.29) is 32.7 Å². The van der Waals surface area contributed by atoms with Gasteiger partial charge in [0, 0.05) is 52.5 Å². The molecular formula is C31H38I2N4O7. The van der Waals surface area contributed by atoms with E-state index < -0.39 is 30.1 Å². The molecule has 0 aromatic heterocycles. The van der Waals surface area contributed by atoms with Crippen LogP contribution < -0.4 is 20.4 Å². The number of rotatable bonds is 18. The van der Waals surface area contributed by atoms with Gasteiger partial charge in [-0.2, -0.15) is 0 Å². The summed E-state index contributed by atoms with van der Waals surface area (Å²) in [7, 11) is 1.65. The van der Waals surface area contributed by atoms with Crippen molar-refractivity contribution in [3.8, 4) is 0 Å². The number of alkyl halides is 2. The molecule has 3 amide bonds. The van der Waals surface area contributed by atoms with Gasteiger partial charge in [-0.05, 0) is 48.4 Å². The number of carbonyl (C=O) groups excluding carboxylic acids is 4. The van der Waals surface area contributed by atoms with E-state index in [0.29, 0.717) is 16.9 Å². The molecule has 0 heterocycles. The van der Waals surface area contributed by atoms with Gasteiger partial charge in [0.15, 0.2) is 0 Å². The van der Waals surface area contributed by atoms with Crippen molar-refractivity contribution in [3.63, 3.8) is 0 Å². The molecule has 0 bridgehead atoms. The zero-order valence-corrected chi connectivity index (χ0v) is 29.0. The van der Waals surface area contributed by atoms with Gasteiger partial charge in [0.1, 0.15) is 25.9 Å². The summed E-state index contributed by atoms with van der Waals surface area (Å²) >= 11 is 4.73. The van der Waals surface area contributed by atoms with Gasteiger partial charge in [-0.15, -0.1) is 0 Å². The van der Waals surface area contributed by atoms with Crippen LogP contribution >= 0.6 is 45.2 Å². The molecule has 0 aliphatic heterocycles. The summed E-state index contributed by atoms with van der Waals surface area (Å²) in [6.45, 7) is 8.93. The molecule has 2 N–H and O–H groups in total. The molecule has 0 saturated heterocycles. The van der Waals surface area contributed by atoms with Crippen LogP contribution in [0.25, 0.3) is 0 Å². The molecule has 2 aromatic carbocycles. The highest BCUT2D eigenvalue weighted by atomic mass is 127. The molecule has 0 unspecified atom stereocenters. The zero-order chi connectivity index (χ0) is 32.3. The quantitative estimate of drug-likeness (QED) is 0.0629. The van der Waals surface area contributed by atoms with Gasteiger partial charge in [0.25, 0.3) is 0 Å². The number of anilines is 3. The molecule has 2 aromatic rings. The molecule has 1 atom stereocenters. The molecule has 13 heteroatoms. The number of benzene rings is 2. The predicted octanol–water partition coefficient (Wildman–Crippen LogP) is 5.86. The average molecular weight is 832 g/mol. The number of hydrogen-bond acceptors (Lipinski definition) is 8. The highest BCUT2D eigenvalue weighted by Gasteiger charge is 2.23. The molecule has 11 nitrogen and oxygen atoms in total. The van der Waals surface area contributed by atoms with Crippen molar-refractivity contribution < 1.29 is 33.4 Å². The molecule has 0 saturated carbocycles. The van der Waals surface area contributed by atoms with Gasteiger partial charge in [-0.1, -0.05) is 82.6 Å². The van der Waals surface area contributed by atoms with Gasteiger partial charge in [-0.25, -0.2) is 14.4 Å². The van der Waals surface area contributed by atoms with Crippen molar-refractivity contribution in [3.05, 3.63) is 79.4 Å². The van der Waals surface area contributed by atoms with Crippen molar-refractivity contribution in [2.45, 2.75) is 25.5 Å². The third-order valence-electron chi connectivity index (χ3n) is 6.09. The van der Waals surface area contributed by atoms with Crippen LogP contribution in [0, 0.1) is 0 Å². The molecule has 238 valence electrons. The van der Waals surface area contributed by atoms with E-state index >= 15 is 0 Å². The molecule has 0 radical (unpaired) electrons. The van der Waals surface area contributed by atoms with E-state index in [9.17, 15) is 19.2 Å². The number of nitrogens with one attached hydrogen (secondary N) is 2. The Balaban J connectivity index is 1.90. The Bertz CT molecular complexity index is 1240. The number of urea groups is 1. The first-order valence-electron chi connectivity index (χ1n) is 13.8.